The van der Waals surface area contributed by atoms with E-state index in [0.29, 0.717) is 5.25 Å². The van der Waals surface area contributed by atoms with Crippen molar-refractivity contribution in [1.29, 1.82) is 0 Å². The van der Waals surface area contributed by atoms with Gasteiger partial charge in [-0.2, -0.15) is 63.1 Å². The third-order valence-electron chi connectivity index (χ3n) is 1.88. The Labute approximate surface area is 109 Å². The number of hydrogen-bond acceptors (Lipinski definition) is 5. The zero-order valence-corrected chi connectivity index (χ0v) is 12.0. The molecule has 0 fully saturated rings. The van der Waals surface area contributed by atoms with Crippen molar-refractivity contribution < 1.29 is 0 Å². The van der Waals surface area contributed by atoms with E-state index in [4.69, 9.17) is 0 Å². The van der Waals surface area contributed by atoms with Gasteiger partial charge < -0.3 is 0 Å². The highest BCUT2D eigenvalue weighted by atomic mass is 32.1. The molecule has 0 spiro atoms. The van der Waals surface area contributed by atoms with Crippen molar-refractivity contribution in [2.24, 2.45) is 0 Å². The second-order valence-corrected chi connectivity index (χ2v) is 5.76. The van der Waals surface area contributed by atoms with Gasteiger partial charge in [0.1, 0.15) is 0 Å². The van der Waals surface area contributed by atoms with Gasteiger partial charge in [0.05, 0.1) is 0 Å². The summed E-state index contributed by atoms with van der Waals surface area (Å²) in [6.45, 7) is 0. The maximum atomic E-state index is 4.51. The Morgan fingerprint density at radius 1 is 0.846 bits per heavy atom. The molecule has 0 heterocycles. The lowest BCUT2D eigenvalue weighted by Gasteiger charge is -2.22. The minimum absolute atomic E-state index is 0.226. The first kappa shape index (κ1) is 14.8. The third-order valence-corrected chi connectivity index (χ3v) is 5.15. The summed E-state index contributed by atoms with van der Waals surface area (Å²) in [7, 11) is 0. The van der Waals surface area contributed by atoms with E-state index in [-0.39, 0.29) is 10.5 Å². The smallest absolute Gasteiger partial charge is 0.0258 e. The molecule has 0 nitrogen and oxygen atoms in total. The van der Waals surface area contributed by atoms with Crippen LogP contribution >= 0.6 is 63.1 Å². The molecular weight excluding hydrogens is 256 g/mol. The van der Waals surface area contributed by atoms with Gasteiger partial charge in [0, 0.05) is 21.5 Å². The zero-order chi connectivity index (χ0) is 10.3. The number of hydrogen-bond donors (Lipinski definition) is 5. The summed E-state index contributed by atoms with van der Waals surface area (Å²) in [5.41, 5.74) is 0. The SMILES string of the molecule is SCCCCC(S)C(S)C(S)CS. The molecule has 80 valence electrons. The molecule has 0 aliphatic heterocycles. The van der Waals surface area contributed by atoms with Crippen LogP contribution in [0.3, 0.4) is 0 Å². The van der Waals surface area contributed by atoms with E-state index in [9.17, 15) is 0 Å². The first-order valence-corrected chi connectivity index (χ1v) is 7.20. The van der Waals surface area contributed by atoms with Crippen molar-refractivity contribution in [3.05, 3.63) is 0 Å². The second kappa shape index (κ2) is 9.01. The summed E-state index contributed by atoms with van der Waals surface area (Å²) in [6.07, 6.45) is 3.41. The van der Waals surface area contributed by atoms with Crippen molar-refractivity contribution in [1.82, 2.24) is 0 Å². The summed E-state index contributed by atoms with van der Waals surface area (Å²) in [5, 5.41) is 0.770. The molecule has 3 atom stereocenters. The highest BCUT2D eigenvalue weighted by molar-refractivity contribution is 7.88. The van der Waals surface area contributed by atoms with E-state index in [1.165, 1.54) is 6.42 Å². The van der Waals surface area contributed by atoms with Crippen LogP contribution in [-0.4, -0.2) is 27.3 Å². The van der Waals surface area contributed by atoms with E-state index < -0.39 is 0 Å². The summed E-state index contributed by atoms with van der Waals surface area (Å²) < 4.78 is 0. The van der Waals surface area contributed by atoms with E-state index >= 15 is 0 Å². The molecule has 0 aromatic rings. The Hall–Kier alpha value is 1.75. The van der Waals surface area contributed by atoms with Crippen molar-refractivity contribution in [2.75, 3.05) is 11.5 Å². The molecule has 0 N–H and O–H groups in total. The minimum atomic E-state index is 0.226. The fourth-order valence-corrected chi connectivity index (χ4v) is 2.61. The van der Waals surface area contributed by atoms with Crippen molar-refractivity contribution in [2.45, 2.75) is 35.0 Å². The normalized spacial score (nSPS) is 18.2. The van der Waals surface area contributed by atoms with Crippen LogP contribution in [-0.2, 0) is 0 Å². The van der Waals surface area contributed by atoms with Crippen LogP contribution in [0.25, 0.3) is 0 Å². The fourth-order valence-electron chi connectivity index (χ4n) is 1.00. The minimum Gasteiger partial charge on any atom is -0.179 e. The van der Waals surface area contributed by atoms with Crippen LogP contribution in [0.4, 0.5) is 0 Å². The molecule has 0 radical (unpaired) electrons. The first-order chi connectivity index (χ1) is 6.13. The molecule has 0 amide bonds. The topological polar surface area (TPSA) is 0 Å². The Morgan fingerprint density at radius 3 is 1.92 bits per heavy atom. The molecule has 3 unspecified atom stereocenters. The largest absolute Gasteiger partial charge is 0.179 e. The quantitative estimate of drug-likeness (QED) is 0.342. The van der Waals surface area contributed by atoms with Crippen LogP contribution < -0.4 is 0 Å². The van der Waals surface area contributed by atoms with E-state index in [1.807, 2.05) is 0 Å². The third kappa shape index (κ3) is 6.77. The van der Waals surface area contributed by atoms with Crippen LogP contribution in [0, 0.1) is 0 Å². The Morgan fingerprint density at radius 2 is 1.46 bits per heavy atom. The van der Waals surface area contributed by atoms with E-state index in [2.05, 4.69) is 63.1 Å². The fraction of sp³-hybridized carbons (Fsp3) is 1.00. The molecule has 0 rings (SSSR count). The van der Waals surface area contributed by atoms with Crippen LogP contribution in [0.2, 0.25) is 0 Å². The molecule has 5 heteroatoms. The summed E-state index contributed by atoms with van der Waals surface area (Å²) in [4.78, 5) is 0. The lowest BCUT2D eigenvalue weighted by Crippen LogP contribution is -2.27. The highest BCUT2D eigenvalue weighted by Crippen LogP contribution is 2.22. The lowest BCUT2D eigenvalue weighted by atomic mass is 10.1. The van der Waals surface area contributed by atoms with Gasteiger partial charge >= 0.3 is 0 Å². The maximum absolute atomic E-state index is 4.51. The van der Waals surface area contributed by atoms with Crippen molar-refractivity contribution >= 4 is 63.1 Å². The van der Waals surface area contributed by atoms with Crippen LogP contribution in [0.1, 0.15) is 19.3 Å². The first-order valence-electron chi connectivity index (χ1n) is 4.39. The predicted molar refractivity (Wildman–Crippen MR) is 79.9 cm³/mol. The number of thiol groups is 5. The molecule has 0 aliphatic carbocycles. The molecule has 0 aromatic heterocycles. The summed E-state index contributed by atoms with van der Waals surface area (Å²) in [6, 6.07) is 0. The van der Waals surface area contributed by atoms with Gasteiger partial charge in [-0.15, -0.1) is 0 Å². The molecule has 0 aromatic carbocycles. The average Bonchev–Trinajstić information content (AvgIpc) is 2.15. The van der Waals surface area contributed by atoms with Gasteiger partial charge in [-0.05, 0) is 18.6 Å². The van der Waals surface area contributed by atoms with Crippen LogP contribution in [0.15, 0.2) is 0 Å². The molecular formula is C8H18S5. The van der Waals surface area contributed by atoms with Gasteiger partial charge in [0.15, 0.2) is 0 Å². The van der Waals surface area contributed by atoms with Gasteiger partial charge in [0.2, 0.25) is 0 Å². The molecule has 0 aliphatic rings. The Bertz CT molecular complexity index is 119. The predicted octanol–water partition coefficient (Wildman–Crippen LogP) is 2.91. The monoisotopic (exact) mass is 274 g/mol. The summed E-state index contributed by atoms with van der Waals surface area (Å²) >= 11 is 21.7. The van der Waals surface area contributed by atoms with Gasteiger partial charge in [0.25, 0.3) is 0 Å². The Balaban J connectivity index is 3.62. The molecule has 0 saturated heterocycles. The lowest BCUT2D eigenvalue weighted by molar-refractivity contribution is 0.666. The Kier molecular flexibility index (Phi) is 10.2. The van der Waals surface area contributed by atoms with E-state index in [1.54, 1.807) is 0 Å². The van der Waals surface area contributed by atoms with Crippen molar-refractivity contribution in [3.8, 4) is 0 Å². The molecule has 13 heavy (non-hydrogen) atoms. The number of unbranched alkanes of at least 4 members (excludes halogenated alkanes) is 1. The summed E-state index contributed by atoms with van der Waals surface area (Å²) in [5.74, 6) is 1.70. The highest BCUT2D eigenvalue weighted by Gasteiger charge is 2.19. The van der Waals surface area contributed by atoms with Gasteiger partial charge in [-0.25, -0.2) is 0 Å². The number of rotatable bonds is 7. The van der Waals surface area contributed by atoms with Gasteiger partial charge in [-0.1, -0.05) is 6.42 Å². The average molecular weight is 275 g/mol. The van der Waals surface area contributed by atoms with E-state index in [0.717, 1.165) is 24.3 Å². The van der Waals surface area contributed by atoms with Crippen molar-refractivity contribution in [3.63, 3.8) is 0 Å². The molecule has 0 bridgehead atoms. The van der Waals surface area contributed by atoms with Crippen LogP contribution in [0.5, 0.6) is 0 Å². The van der Waals surface area contributed by atoms with Gasteiger partial charge in [-0.3, -0.25) is 0 Å². The molecule has 0 saturated carbocycles. The second-order valence-electron chi connectivity index (χ2n) is 3.03. The zero-order valence-electron chi connectivity index (χ0n) is 7.50. The maximum Gasteiger partial charge on any atom is 0.0258 e. The standard InChI is InChI=1S/C8H18S5/c9-4-2-1-3-6(11)8(13)7(12)5-10/h6-13H,1-5H2.